The second-order valence-corrected chi connectivity index (χ2v) is 6.90. The summed E-state index contributed by atoms with van der Waals surface area (Å²) < 4.78 is 0. The molecule has 0 aromatic heterocycles. The number of hydrogen-bond donors (Lipinski definition) is 1. The van der Waals surface area contributed by atoms with Crippen molar-refractivity contribution in [2.75, 3.05) is 5.75 Å². The maximum absolute atomic E-state index is 12.4. The molecule has 2 aromatic carbocycles. The van der Waals surface area contributed by atoms with Crippen molar-refractivity contribution in [1.82, 2.24) is 0 Å². The number of hydrogen-bond acceptors (Lipinski definition) is 3. The van der Waals surface area contributed by atoms with Crippen molar-refractivity contribution >= 4 is 17.5 Å². The number of aliphatic hydroxyl groups excluding tert-OH is 1. The molecule has 0 bridgehead atoms. The molecule has 1 unspecified atom stereocenters. The minimum absolute atomic E-state index is 0.0701. The average Bonchev–Trinajstić information content (AvgIpc) is 2.59. The molecular formula is C20H20O2S. The Kier molecular flexibility index (Phi) is 5.19. The predicted octanol–water partition coefficient (Wildman–Crippen LogP) is 4.88. The smallest absolute Gasteiger partial charge is 0.173 e. The van der Waals surface area contributed by atoms with Gasteiger partial charge in [-0.25, -0.2) is 0 Å². The monoisotopic (exact) mass is 324 g/mol. The van der Waals surface area contributed by atoms with E-state index in [1.165, 1.54) is 17.3 Å². The Labute approximate surface area is 141 Å². The topological polar surface area (TPSA) is 37.3 Å². The fourth-order valence-corrected chi connectivity index (χ4v) is 3.95. The van der Waals surface area contributed by atoms with E-state index in [-0.39, 0.29) is 17.5 Å². The van der Waals surface area contributed by atoms with Crippen molar-refractivity contribution in [1.29, 1.82) is 0 Å². The Bertz CT molecular complexity index is 692. The largest absolute Gasteiger partial charge is 0.511 e. The van der Waals surface area contributed by atoms with Crippen molar-refractivity contribution in [2.24, 2.45) is 0 Å². The van der Waals surface area contributed by atoms with E-state index in [0.29, 0.717) is 17.7 Å². The van der Waals surface area contributed by atoms with Crippen molar-refractivity contribution in [3.63, 3.8) is 0 Å². The summed E-state index contributed by atoms with van der Waals surface area (Å²) in [6, 6.07) is 20.2. The highest BCUT2D eigenvalue weighted by Crippen LogP contribution is 2.37. The lowest BCUT2D eigenvalue weighted by molar-refractivity contribution is -0.115. The van der Waals surface area contributed by atoms with Gasteiger partial charge < -0.3 is 5.11 Å². The van der Waals surface area contributed by atoms with E-state index in [0.717, 1.165) is 17.7 Å². The molecule has 0 saturated heterocycles. The zero-order valence-corrected chi connectivity index (χ0v) is 13.8. The third kappa shape index (κ3) is 4.05. The minimum atomic E-state index is 0.0701. The molecule has 0 fully saturated rings. The summed E-state index contributed by atoms with van der Waals surface area (Å²) in [4.78, 5) is 13.0. The molecule has 1 N–H and O–H groups in total. The first-order valence-corrected chi connectivity index (χ1v) is 8.89. The number of Topliss-reactive ketones (excluding diaryl/α,β-unsaturated/α-hetero) is 1. The maximum Gasteiger partial charge on any atom is 0.173 e. The Morgan fingerprint density at radius 3 is 2.26 bits per heavy atom. The summed E-state index contributed by atoms with van der Waals surface area (Å²) in [6.45, 7) is 0. The summed E-state index contributed by atoms with van der Waals surface area (Å²) in [5.74, 6) is 1.24. The van der Waals surface area contributed by atoms with E-state index < -0.39 is 0 Å². The summed E-state index contributed by atoms with van der Waals surface area (Å²) in [5.41, 5.74) is 2.38. The highest BCUT2D eigenvalue weighted by molar-refractivity contribution is 8.04. The normalized spacial score (nSPS) is 18.3. The molecule has 0 amide bonds. The molecule has 118 valence electrons. The van der Waals surface area contributed by atoms with Crippen LogP contribution in [0.1, 0.15) is 29.9 Å². The fourth-order valence-electron chi connectivity index (χ4n) is 2.92. The zero-order chi connectivity index (χ0) is 16.1. The third-order valence-electron chi connectivity index (χ3n) is 4.14. The minimum Gasteiger partial charge on any atom is -0.511 e. The van der Waals surface area contributed by atoms with Crippen molar-refractivity contribution in [3.8, 4) is 0 Å². The number of allylic oxidation sites excluding steroid dienone is 2. The number of aryl methyl sites for hydroxylation is 1. The van der Waals surface area contributed by atoms with E-state index in [1.807, 2.05) is 48.5 Å². The fraction of sp³-hybridized carbons (Fsp3) is 0.250. The van der Waals surface area contributed by atoms with Gasteiger partial charge in [-0.2, -0.15) is 0 Å². The SMILES string of the molecule is O=C1CC(c2ccccc2)CC(O)=C1SCCc1ccccc1. The van der Waals surface area contributed by atoms with E-state index in [2.05, 4.69) is 12.1 Å². The van der Waals surface area contributed by atoms with Crippen molar-refractivity contribution < 1.29 is 9.90 Å². The van der Waals surface area contributed by atoms with Gasteiger partial charge in [0, 0.05) is 18.6 Å². The second-order valence-electron chi connectivity index (χ2n) is 5.80. The maximum atomic E-state index is 12.4. The number of rotatable bonds is 5. The second kappa shape index (κ2) is 7.51. The number of benzene rings is 2. The summed E-state index contributed by atoms with van der Waals surface area (Å²) >= 11 is 1.49. The van der Waals surface area contributed by atoms with Gasteiger partial charge in [-0.1, -0.05) is 60.7 Å². The average molecular weight is 324 g/mol. The lowest BCUT2D eigenvalue weighted by Gasteiger charge is -2.23. The Balaban J connectivity index is 1.62. The molecule has 0 saturated carbocycles. The quantitative estimate of drug-likeness (QED) is 0.852. The Hall–Kier alpha value is -2.00. The van der Waals surface area contributed by atoms with Crippen LogP contribution in [-0.2, 0) is 11.2 Å². The van der Waals surface area contributed by atoms with Gasteiger partial charge in [-0.3, -0.25) is 4.79 Å². The number of ketones is 1. The molecule has 3 heteroatoms. The van der Waals surface area contributed by atoms with Crippen LogP contribution < -0.4 is 0 Å². The molecule has 1 aliphatic rings. The molecule has 2 nitrogen and oxygen atoms in total. The molecule has 0 heterocycles. The van der Waals surface area contributed by atoms with Crippen LogP contribution in [0.3, 0.4) is 0 Å². The van der Waals surface area contributed by atoms with E-state index in [1.54, 1.807) is 0 Å². The van der Waals surface area contributed by atoms with Gasteiger partial charge in [0.05, 0.1) is 4.91 Å². The van der Waals surface area contributed by atoms with Gasteiger partial charge in [0.25, 0.3) is 0 Å². The standard InChI is InChI=1S/C20H20O2S/c21-18-13-17(16-9-5-2-6-10-16)14-19(22)20(18)23-12-11-15-7-3-1-4-8-15/h1-10,17,21H,11-14H2. The lowest BCUT2D eigenvalue weighted by Crippen LogP contribution is -2.17. The molecule has 1 atom stereocenters. The van der Waals surface area contributed by atoms with Crippen LogP contribution in [-0.4, -0.2) is 16.6 Å². The number of carbonyl (C=O) groups excluding carboxylic acids is 1. The Morgan fingerprint density at radius 1 is 0.957 bits per heavy atom. The lowest BCUT2D eigenvalue weighted by atomic mass is 9.86. The third-order valence-corrected chi connectivity index (χ3v) is 5.30. The van der Waals surface area contributed by atoms with Crippen LogP contribution in [0.4, 0.5) is 0 Å². The van der Waals surface area contributed by atoms with Crippen LogP contribution >= 0.6 is 11.8 Å². The highest BCUT2D eigenvalue weighted by atomic mass is 32.2. The summed E-state index contributed by atoms with van der Waals surface area (Å²) in [6.07, 6.45) is 1.95. The summed E-state index contributed by atoms with van der Waals surface area (Å²) in [7, 11) is 0. The van der Waals surface area contributed by atoms with Crippen LogP contribution in [0, 0.1) is 0 Å². The van der Waals surface area contributed by atoms with Crippen LogP contribution in [0.15, 0.2) is 71.3 Å². The van der Waals surface area contributed by atoms with Crippen LogP contribution in [0.5, 0.6) is 0 Å². The highest BCUT2D eigenvalue weighted by Gasteiger charge is 2.28. The van der Waals surface area contributed by atoms with Gasteiger partial charge in [0.1, 0.15) is 5.76 Å². The number of carbonyl (C=O) groups is 1. The molecule has 3 rings (SSSR count). The molecule has 0 radical (unpaired) electrons. The van der Waals surface area contributed by atoms with E-state index in [4.69, 9.17) is 0 Å². The molecule has 23 heavy (non-hydrogen) atoms. The van der Waals surface area contributed by atoms with E-state index in [9.17, 15) is 9.90 Å². The van der Waals surface area contributed by atoms with Gasteiger partial charge in [0.2, 0.25) is 0 Å². The van der Waals surface area contributed by atoms with Gasteiger partial charge in [0.15, 0.2) is 5.78 Å². The van der Waals surface area contributed by atoms with Gasteiger partial charge in [-0.05, 0) is 23.5 Å². The Morgan fingerprint density at radius 2 is 1.61 bits per heavy atom. The predicted molar refractivity (Wildman–Crippen MR) is 95.7 cm³/mol. The van der Waals surface area contributed by atoms with Gasteiger partial charge in [-0.15, -0.1) is 11.8 Å². The first-order valence-electron chi connectivity index (χ1n) is 7.91. The van der Waals surface area contributed by atoms with E-state index >= 15 is 0 Å². The molecule has 0 spiro atoms. The first-order chi connectivity index (χ1) is 11.2. The number of thioether (sulfide) groups is 1. The first kappa shape index (κ1) is 15.9. The number of aliphatic hydroxyl groups is 1. The molecule has 2 aromatic rings. The van der Waals surface area contributed by atoms with Crippen LogP contribution in [0.25, 0.3) is 0 Å². The van der Waals surface area contributed by atoms with Crippen molar-refractivity contribution in [3.05, 3.63) is 82.5 Å². The molecule has 0 aliphatic heterocycles. The zero-order valence-electron chi connectivity index (χ0n) is 12.9. The molecular weight excluding hydrogens is 304 g/mol. The summed E-state index contributed by atoms with van der Waals surface area (Å²) in [5, 5.41) is 10.3. The van der Waals surface area contributed by atoms with Crippen molar-refractivity contribution in [2.45, 2.75) is 25.2 Å². The molecule has 1 aliphatic carbocycles. The van der Waals surface area contributed by atoms with Crippen LogP contribution in [0.2, 0.25) is 0 Å². The van der Waals surface area contributed by atoms with Gasteiger partial charge >= 0.3 is 0 Å².